The molecule has 20 heavy (non-hydrogen) atoms. The number of nitriles is 1. The monoisotopic (exact) mass is 285 g/mol. The van der Waals surface area contributed by atoms with Crippen LogP contribution in [0.15, 0.2) is 42.5 Å². The minimum Gasteiger partial charge on any atom is -0.423 e. The van der Waals surface area contributed by atoms with Crippen molar-refractivity contribution in [2.75, 3.05) is 0 Å². The number of aryl methyl sites for hydroxylation is 1. The van der Waals surface area contributed by atoms with Gasteiger partial charge in [-0.15, -0.1) is 0 Å². The van der Waals surface area contributed by atoms with Gasteiger partial charge in [-0.25, -0.2) is 4.79 Å². The lowest BCUT2D eigenvalue weighted by molar-refractivity contribution is 0.0735. The van der Waals surface area contributed by atoms with E-state index in [9.17, 15) is 4.79 Å². The largest absolute Gasteiger partial charge is 0.423 e. The molecular weight excluding hydrogens is 274 g/mol. The van der Waals surface area contributed by atoms with Crippen LogP contribution in [0, 0.1) is 11.3 Å². The molecule has 0 heterocycles. The maximum Gasteiger partial charge on any atom is 0.343 e. The normalized spacial score (nSPS) is 9.85. The second-order valence-electron chi connectivity index (χ2n) is 4.19. The van der Waals surface area contributed by atoms with E-state index < -0.39 is 5.97 Å². The van der Waals surface area contributed by atoms with Crippen LogP contribution in [0.4, 0.5) is 0 Å². The zero-order valence-electron chi connectivity index (χ0n) is 10.9. The molecule has 0 radical (unpaired) electrons. The topological polar surface area (TPSA) is 50.1 Å². The Labute approximate surface area is 122 Å². The second kappa shape index (κ2) is 6.23. The molecule has 0 spiro atoms. The lowest BCUT2D eigenvalue weighted by Crippen LogP contribution is -2.08. The zero-order valence-corrected chi connectivity index (χ0v) is 11.6. The van der Waals surface area contributed by atoms with Gasteiger partial charge in [0.15, 0.2) is 0 Å². The third-order valence-corrected chi connectivity index (χ3v) is 3.18. The van der Waals surface area contributed by atoms with Crippen molar-refractivity contribution in [1.29, 1.82) is 5.26 Å². The van der Waals surface area contributed by atoms with Crippen molar-refractivity contribution in [2.24, 2.45) is 0 Å². The Bertz CT molecular complexity index is 672. The van der Waals surface area contributed by atoms with Crippen molar-refractivity contribution < 1.29 is 9.53 Å². The molecule has 3 nitrogen and oxygen atoms in total. The van der Waals surface area contributed by atoms with E-state index in [0.717, 1.165) is 12.0 Å². The fourth-order valence-corrected chi connectivity index (χ4v) is 1.91. The fourth-order valence-electron chi connectivity index (χ4n) is 1.69. The highest BCUT2D eigenvalue weighted by molar-refractivity contribution is 6.31. The van der Waals surface area contributed by atoms with Crippen LogP contribution in [0.3, 0.4) is 0 Å². The second-order valence-corrected chi connectivity index (χ2v) is 4.60. The fraction of sp³-hybridized carbons (Fsp3) is 0.125. The van der Waals surface area contributed by atoms with Crippen LogP contribution >= 0.6 is 11.6 Å². The van der Waals surface area contributed by atoms with Gasteiger partial charge in [0, 0.05) is 6.07 Å². The average Bonchev–Trinajstić information content (AvgIpc) is 2.47. The standard InChI is InChI=1S/C16H12ClNO2/c1-2-11-3-5-12(6-4-11)16(19)20-14-8-7-13(10-18)15(17)9-14/h3-9H,2H2,1H3. The van der Waals surface area contributed by atoms with E-state index in [0.29, 0.717) is 16.9 Å². The van der Waals surface area contributed by atoms with Gasteiger partial charge in [0.2, 0.25) is 0 Å². The van der Waals surface area contributed by atoms with E-state index >= 15 is 0 Å². The van der Waals surface area contributed by atoms with Crippen LogP contribution in [0.25, 0.3) is 0 Å². The van der Waals surface area contributed by atoms with Crippen molar-refractivity contribution in [3.8, 4) is 11.8 Å². The molecule has 0 aliphatic carbocycles. The predicted octanol–water partition coefficient (Wildman–Crippen LogP) is 3.99. The lowest BCUT2D eigenvalue weighted by Gasteiger charge is -2.06. The summed E-state index contributed by atoms with van der Waals surface area (Å²) in [5.74, 6) is -0.132. The maximum absolute atomic E-state index is 11.9. The average molecular weight is 286 g/mol. The summed E-state index contributed by atoms with van der Waals surface area (Å²) in [6, 6.07) is 13.7. The number of hydrogen-bond acceptors (Lipinski definition) is 3. The van der Waals surface area contributed by atoms with Crippen LogP contribution in [-0.2, 0) is 6.42 Å². The van der Waals surface area contributed by atoms with Crippen LogP contribution in [0.2, 0.25) is 5.02 Å². The molecule has 2 rings (SSSR count). The number of hydrogen-bond donors (Lipinski definition) is 0. The predicted molar refractivity (Wildman–Crippen MR) is 76.9 cm³/mol. The van der Waals surface area contributed by atoms with E-state index in [4.69, 9.17) is 21.6 Å². The molecule has 0 saturated heterocycles. The highest BCUT2D eigenvalue weighted by Gasteiger charge is 2.10. The number of benzene rings is 2. The van der Waals surface area contributed by atoms with Crippen molar-refractivity contribution in [3.05, 3.63) is 64.2 Å². The zero-order chi connectivity index (χ0) is 14.5. The van der Waals surface area contributed by atoms with E-state index in [1.54, 1.807) is 18.2 Å². The molecule has 0 amide bonds. The molecular formula is C16H12ClNO2. The quantitative estimate of drug-likeness (QED) is 0.633. The Hall–Kier alpha value is -2.31. The molecule has 0 aliphatic heterocycles. The third-order valence-electron chi connectivity index (χ3n) is 2.87. The van der Waals surface area contributed by atoms with Gasteiger partial charge in [-0.1, -0.05) is 30.7 Å². The maximum atomic E-state index is 11.9. The SMILES string of the molecule is CCc1ccc(C(=O)Oc2ccc(C#N)c(Cl)c2)cc1. The summed E-state index contributed by atoms with van der Waals surface area (Å²) in [6.45, 7) is 2.05. The molecule has 4 heteroatoms. The third kappa shape index (κ3) is 3.17. The van der Waals surface area contributed by atoms with Crippen molar-refractivity contribution in [1.82, 2.24) is 0 Å². The van der Waals surface area contributed by atoms with Crippen LogP contribution in [0.1, 0.15) is 28.4 Å². The van der Waals surface area contributed by atoms with Gasteiger partial charge in [-0.2, -0.15) is 5.26 Å². The van der Waals surface area contributed by atoms with Crippen molar-refractivity contribution in [3.63, 3.8) is 0 Å². The Morgan fingerprint density at radius 3 is 2.50 bits per heavy atom. The molecule has 0 unspecified atom stereocenters. The minimum atomic E-state index is -0.451. The number of carbonyl (C=O) groups excluding carboxylic acids is 1. The van der Waals surface area contributed by atoms with Gasteiger partial charge in [-0.3, -0.25) is 0 Å². The number of esters is 1. The smallest absolute Gasteiger partial charge is 0.343 e. The summed E-state index contributed by atoms with van der Waals surface area (Å²) < 4.78 is 5.22. The van der Waals surface area contributed by atoms with E-state index in [-0.39, 0.29) is 5.02 Å². The Balaban J connectivity index is 2.15. The number of carbonyl (C=O) groups is 1. The van der Waals surface area contributed by atoms with Gasteiger partial charge in [-0.05, 0) is 36.2 Å². The summed E-state index contributed by atoms with van der Waals surface area (Å²) in [4.78, 5) is 11.9. The summed E-state index contributed by atoms with van der Waals surface area (Å²) in [7, 11) is 0. The van der Waals surface area contributed by atoms with Gasteiger partial charge < -0.3 is 4.74 Å². The molecule has 0 aliphatic rings. The molecule has 0 bridgehead atoms. The van der Waals surface area contributed by atoms with E-state index in [1.165, 1.54) is 12.1 Å². The van der Waals surface area contributed by atoms with Crippen LogP contribution in [0.5, 0.6) is 5.75 Å². The molecule has 0 aromatic heterocycles. The first-order valence-electron chi connectivity index (χ1n) is 6.15. The van der Waals surface area contributed by atoms with Gasteiger partial charge >= 0.3 is 5.97 Å². The van der Waals surface area contributed by atoms with Gasteiger partial charge in [0.1, 0.15) is 11.8 Å². The molecule has 2 aromatic carbocycles. The molecule has 2 aromatic rings. The van der Waals surface area contributed by atoms with Crippen molar-refractivity contribution >= 4 is 17.6 Å². The van der Waals surface area contributed by atoms with Crippen molar-refractivity contribution in [2.45, 2.75) is 13.3 Å². The number of halogens is 1. The first-order chi connectivity index (χ1) is 9.63. The first kappa shape index (κ1) is 14.1. The summed E-state index contributed by atoms with van der Waals surface area (Å²) >= 11 is 5.88. The van der Waals surface area contributed by atoms with E-state index in [1.807, 2.05) is 25.1 Å². The number of nitrogens with zero attached hydrogens (tertiary/aromatic N) is 1. The summed E-state index contributed by atoms with van der Waals surface area (Å²) in [6.07, 6.45) is 0.917. The highest BCUT2D eigenvalue weighted by Crippen LogP contribution is 2.22. The molecule has 100 valence electrons. The Morgan fingerprint density at radius 1 is 1.25 bits per heavy atom. The number of ether oxygens (including phenoxy) is 1. The summed E-state index contributed by atoms with van der Waals surface area (Å²) in [5, 5.41) is 9.04. The van der Waals surface area contributed by atoms with E-state index in [2.05, 4.69) is 0 Å². The Kier molecular flexibility index (Phi) is 4.39. The van der Waals surface area contributed by atoms with Crippen LogP contribution < -0.4 is 4.74 Å². The molecule has 0 fully saturated rings. The minimum absolute atomic E-state index is 0.263. The molecule has 0 atom stereocenters. The first-order valence-corrected chi connectivity index (χ1v) is 6.52. The highest BCUT2D eigenvalue weighted by atomic mass is 35.5. The van der Waals surface area contributed by atoms with Gasteiger partial charge in [0.05, 0.1) is 16.1 Å². The molecule has 0 N–H and O–H groups in total. The van der Waals surface area contributed by atoms with Crippen LogP contribution in [-0.4, -0.2) is 5.97 Å². The number of rotatable bonds is 3. The van der Waals surface area contributed by atoms with Gasteiger partial charge in [0.25, 0.3) is 0 Å². The lowest BCUT2D eigenvalue weighted by atomic mass is 10.1. The summed E-state index contributed by atoms with van der Waals surface area (Å²) in [5.41, 5.74) is 1.98. The molecule has 0 saturated carbocycles. The Morgan fingerprint density at radius 2 is 1.95 bits per heavy atom.